The number of fused-ring (bicyclic) bond motifs is 1. The zero-order chi connectivity index (χ0) is 20.5. The third-order valence-electron chi connectivity index (χ3n) is 3.89. The van der Waals surface area contributed by atoms with Crippen molar-refractivity contribution in [3.8, 4) is 17.2 Å². The summed E-state index contributed by atoms with van der Waals surface area (Å²) in [4.78, 5) is 7.45. The summed E-state index contributed by atoms with van der Waals surface area (Å²) in [5.74, 6) is 0.312. The summed E-state index contributed by atoms with van der Waals surface area (Å²) in [6.07, 6.45) is -4.66. The van der Waals surface area contributed by atoms with E-state index in [0.29, 0.717) is 28.8 Å². The molecule has 0 aliphatic carbocycles. The van der Waals surface area contributed by atoms with E-state index in [1.165, 1.54) is 21.3 Å². The lowest BCUT2D eigenvalue weighted by Gasteiger charge is -2.15. The quantitative estimate of drug-likeness (QED) is 0.684. The van der Waals surface area contributed by atoms with E-state index in [1.807, 2.05) is 0 Å². The molecule has 0 aliphatic heterocycles. The highest BCUT2D eigenvalue weighted by Gasteiger charge is 2.36. The number of hydrogen-bond acceptors (Lipinski definition) is 7. The van der Waals surface area contributed by atoms with Crippen molar-refractivity contribution in [1.82, 2.24) is 19.6 Å². The van der Waals surface area contributed by atoms with Crippen LogP contribution in [0.15, 0.2) is 18.2 Å². The summed E-state index contributed by atoms with van der Waals surface area (Å²) in [5.41, 5.74) is 1.26. The fourth-order valence-electron chi connectivity index (χ4n) is 2.66. The largest absolute Gasteiger partial charge is 0.493 e. The molecule has 1 N–H and O–H groups in total. The molecule has 1 aromatic carbocycles. The van der Waals surface area contributed by atoms with Crippen LogP contribution in [0.1, 0.15) is 17.1 Å². The maximum Gasteiger partial charge on any atom is 0.453 e. The standard InChI is InChI=1S/C17H18F3N5O3/c1-9-5-13(25-16(22-9)23-15(24-25)17(18,19)20)21-8-10-6-11(26-2)14(28-4)12(7-10)27-3/h5-7,21H,8H2,1-4H3. The zero-order valence-corrected chi connectivity index (χ0v) is 15.6. The van der Waals surface area contributed by atoms with E-state index in [1.54, 1.807) is 25.1 Å². The number of alkyl halides is 3. The Hall–Kier alpha value is -3.24. The number of anilines is 1. The minimum absolute atomic E-state index is 0.139. The molecule has 0 radical (unpaired) electrons. The number of halogens is 3. The van der Waals surface area contributed by atoms with Gasteiger partial charge in [0, 0.05) is 18.3 Å². The van der Waals surface area contributed by atoms with Gasteiger partial charge in [-0.15, -0.1) is 5.10 Å². The van der Waals surface area contributed by atoms with Gasteiger partial charge < -0.3 is 19.5 Å². The normalized spacial score (nSPS) is 11.5. The van der Waals surface area contributed by atoms with Gasteiger partial charge in [-0.05, 0) is 24.6 Å². The first-order valence-electron chi connectivity index (χ1n) is 8.11. The van der Waals surface area contributed by atoms with Gasteiger partial charge in [0.05, 0.1) is 21.3 Å². The Kier molecular flexibility index (Phi) is 5.16. The molecule has 8 nitrogen and oxygen atoms in total. The number of nitrogens with zero attached hydrogens (tertiary/aromatic N) is 4. The Bertz CT molecular complexity index is 979. The lowest BCUT2D eigenvalue weighted by atomic mass is 10.1. The van der Waals surface area contributed by atoms with Gasteiger partial charge in [0.1, 0.15) is 5.82 Å². The molecule has 0 fully saturated rings. The highest BCUT2D eigenvalue weighted by molar-refractivity contribution is 5.54. The van der Waals surface area contributed by atoms with Gasteiger partial charge in [-0.25, -0.2) is 4.98 Å². The number of nitrogens with one attached hydrogen (secondary N) is 1. The fraction of sp³-hybridized carbons (Fsp3) is 0.353. The Balaban J connectivity index is 1.94. The molecular formula is C17H18F3N5O3. The minimum Gasteiger partial charge on any atom is -0.493 e. The molecule has 28 heavy (non-hydrogen) atoms. The first-order chi connectivity index (χ1) is 13.3. The molecule has 0 bridgehead atoms. The molecule has 0 saturated heterocycles. The summed E-state index contributed by atoms with van der Waals surface area (Å²) < 4.78 is 55.7. The van der Waals surface area contributed by atoms with Crippen molar-refractivity contribution in [2.75, 3.05) is 26.6 Å². The van der Waals surface area contributed by atoms with Crippen molar-refractivity contribution in [3.63, 3.8) is 0 Å². The van der Waals surface area contributed by atoms with Gasteiger partial charge in [-0.2, -0.15) is 22.7 Å². The topological polar surface area (TPSA) is 82.8 Å². The summed E-state index contributed by atoms with van der Waals surface area (Å²) >= 11 is 0. The number of rotatable bonds is 6. The molecule has 150 valence electrons. The van der Waals surface area contributed by atoms with E-state index < -0.39 is 12.0 Å². The van der Waals surface area contributed by atoms with Crippen LogP contribution in [0.2, 0.25) is 0 Å². The van der Waals surface area contributed by atoms with Crippen molar-refractivity contribution in [3.05, 3.63) is 35.3 Å². The highest BCUT2D eigenvalue weighted by Crippen LogP contribution is 2.38. The molecule has 3 rings (SSSR count). The van der Waals surface area contributed by atoms with Gasteiger partial charge in [0.2, 0.25) is 5.75 Å². The third-order valence-corrected chi connectivity index (χ3v) is 3.89. The Morgan fingerprint density at radius 3 is 2.18 bits per heavy atom. The predicted molar refractivity (Wildman–Crippen MR) is 93.9 cm³/mol. The van der Waals surface area contributed by atoms with Crippen LogP contribution in [0.5, 0.6) is 17.2 Å². The van der Waals surface area contributed by atoms with E-state index in [4.69, 9.17) is 14.2 Å². The van der Waals surface area contributed by atoms with Crippen LogP contribution in [0.3, 0.4) is 0 Å². The molecule has 0 aliphatic rings. The first-order valence-corrected chi connectivity index (χ1v) is 8.11. The van der Waals surface area contributed by atoms with Crippen LogP contribution in [0.4, 0.5) is 19.0 Å². The monoisotopic (exact) mass is 397 g/mol. The highest BCUT2D eigenvalue weighted by atomic mass is 19.4. The average molecular weight is 397 g/mol. The zero-order valence-electron chi connectivity index (χ0n) is 15.6. The summed E-state index contributed by atoms with van der Waals surface area (Å²) in [5, 5.41) is 6.57. The first kappa shape index (κ1) is 19.5. The summed E-state index contributed by atoms with van der Waals surface area (Å²) in [7, 11) is 4.49. The van der Waals surface area contributed by atoms with Crippen LogP contribution in [0, 0.1) is 6.92 Å². The fourth-order valence-corrected chi connectivity index (χ4v) is 2.66. The molecule has 0 spiro atoms. The number of ether oxygens (including phenoxy) is 3. The van der Waals surface area contributed by atoms with E-state index in [0.717, 1.165) is 10.1 Å². The van der Waals surface area contributed by atoms with Gasteiger partial charge >= 0.3 is 6.18 Å². The molecular weight excluding hydrogens is 379 g/mol. The van der Waals surface area contributed by atoms with E-state index >= 15 is 0 Å². The summed E-state index contributed by atoms with van der Waals surface area (Å²) in [6.45, 7) is 1.92. The molecule has 3 aromatic rings. The van der Waals surface area contributed by atoms with E-state index in [-0.39, 0.29) is 12.3 Å². The van der Waals surface area contributed by atoms with Crippen LogP contribution < -0.4 is 19.5 Å². The Labute approximate surface area is 158 Å². The molecule has 11 heteroatoms. The smallest absolute Gasteiger partial charge is 0.453 e. The third kappa shape index (κ3) is 3.73. The van der Waals surface area contributed by atoms with Crippen LogP contribution >= 0.6 is 0 Å². The maximum absolute atomic E-state index is 12.9. The molecule has 2 aromatic heterocycles. The number of aromatic nitrogens is 4. The summed E-state index contributed by atoms with van der Waals surface area (Å²) in [6, 6.07) is 5.06. The lowest BCUT2D eigenvalue weighted by molar-refractivity contribution is -0.144. The number of hydrogen-bond donors (Lipinski definition) is 1. The van der Waals surface area contributed by atoms with Crippen LogP contribution in [-0.4, -0.2) is 40.9 Å². The Morgan fingerprint density at radius 1 is 1.00 bits per heavy atom. The molecule has 0 atom stereocenters. The Morgan fingerprint density at radius 2 is 1.64 bits per heavy atom. The van der Waals surface area contributed by atoms with E-state index in [2.05, 4.69) is 20.4 Å². The van der Waals surface area contributed by atoms with Gasteiger partial charge in [-0.1, -0.05) is 0 Å². The van der Waals surface area contributed by atoms with Crippen molar-refractivity contribution in [2.24, 2.45) is 0 Å². The average Bonchev–Trinajstić information content (AvgIpc) is 3.09. The second-order valence-corrected chi connectivity index (χ2v) is 5.81. The maximum atomic E-state index is 12.9. The van der Waals surface area contributed by atoms with Gasteiger partial charge in [-0.3, -0.25) is 0 Å². The number of methoxy groups -OCH3 is 3. The molecule has 2 heterocycles. The van der Waals surface area contributed by atoms with Crippen molar-refractivity contribution in [2.45, 2.75) is 19.6 Å². The van der Waals surface area contributed by atoms with Crippen LogP contribution in [0.25, 0.3) is 5.78 Å². The second-order valence-electron chi connectivity index (χ2n) is 5.81. The predicted octanol–water partition coefficient (Wildman–Crippen LogP) is 3.09. The molecule has 0 saturated carbocycles. The van der Waals surface area contributed by atoms with Crippen molar-refractivity contribution >= 4 is 11.6 Å². The lowest BCUT2D eigenvalue weighted by Crippen LogP contribution is -2.09. The molecule has 0 unspecified atom stereocenters. The van der Waals surface area contributed by atoms with Crippen molar-refractivity contribution < 1.29 is 27.4 Å². The van der Waals surface area contributed by atoms with Gasteiger partial charge in [0.15, 0.2) is 11.5 Å². The second kappa shape index (κ2) is 7.41. The molecule has 0 amide bonds. The van der Waals surface area contributed by atoms with Crippen molar-refractivity contribution in [1.29, 1.82) is 0 Å². The van der Waals surface area contributed by atoms with E-state index in [9.17, 15) is 13.2 Å². The van der Waals surface area contributed by atoms with Crippen LogP contribution in [-0.2, 0) is 12.7 Å². The SMILES string of the molecule is COc1cc(CNc2cc(C)nc3nc(C(F)(F)F)nn23)cc(OC)c1OC. The number of aryl methyl sites for hydroxylation is 1. The minimum atomic E-state index is -4.66. The number of benzene rings is 1. The van der Waals surface area contributed by atoms with Gasteiger partial charge in [0.25, 0.3) is 11.6 Å².